The number of thioether (sulfide) groups is 1. The number of hydrogen-bond acceptors (Lipinski definition) is 5. The van der Waals surface area contributed by atoms with Gasteiger partial charge in [0.25, 0.3) is 5.91 Å². The number of morpholine rings is 1. The average molecular weight is 431 g/mol. The molecule has 2 aromatic heterocycles. The summed E-state index contributed by atoms with van der Waals surface area (Å²) in [6.45, 7) is 3.48. The number of amides is 1. The van der Waals surface area contributed by atoms with Crippen LogP contribution in [0.5, 0.6) is 0 Å². The second kappa shape index (κ2) is 9.17. The van der Waals surface area contributed by atoms with Crippen LogP contribution in [-0.4, -0.2) is 59.3 Å². The maximum atomic E-state index is 13.0. The predicted molar refractivity (Wildman–Crippen MR) is 116 cm³/mol. The van der Waals surface area contributed by atoms with E-state index in [1.807, 2.05) is 53.3 Å². The monoisotopic (exact) mass is 430 g/mol. The van der Waals surface area contributed by atoms with Crippen LogP contribution >= 0.6 is 23.4 Å². The summed E-state index contributed by atoms with van der Waals surface area (Å²) in [6, 6.07) is 13.6. The van der Waals surface area contributed by atoms with Gasteiger partial charge in [0.2, 0.25) is 0 Å². The van der Waals surface area contributed by atoms with Gasteiger partial charge in [0.1, 0.15) is 0 Å². The number of halogens is 1. The molecule has 152 valence electrons. The number of carbonyl (C=O) groups excluding carboxylic acids is 1. The lowest BCUT2D eigenvalue weighted by Gasteiger charge is -2.35. The number of nitrogens with one attached hydrogen (secondary N) is 1. The topological polar surface area (TPSA) is 58.9 Å². The fourth-order valence-electron chi connectivity index (χ4n) is 3.65. The highest BCUT2D eigenvalue weighted by Gasteiger charge is 2.25. The van der Waals surface area contributed by atoms with Crippen LogP contribution in [-0.2, 0) is 4.74 Å². The Morgan fingerprint density at radius 2 is 2.10 bits per heavy atom. The van der Waals surface area contributed by atoms with Gasteiger partial charge in [-0.3, -0.25) is 14.1 Å². The summed E-state index contributed by atoms with van der Waals surface area (Å²) in [4.78, 5) is 19.9. The Hall–Kier alpha value is -2.06. The van der Waals surface area contributed by atoms with E-state index < -0.39 is 0 Å². The van der Waals surface area contributed by atoms with Crippen LogP contribution in [0, 0.1) is 0 Å². The van der Waals surface area contributed by atoms with Gasteiger partial charge in [0, 0.05) is 30.9 Å². The first-order valence-corrected chi connectivity index (χ1v) is 11.1. The largest absolute Gasteiger partial charge is 0.379 e. The van der Waals surface area contributed by atoms with Gasteiger partial charge in [-0.05, 0) is 36.1 Å². The Morgan fingerprint density at radius 1 is 1.28 bits per heavy atom. The minimum Gasteiger partial charge on any atom is -0.379 e. The minimum absolute atomic E-state index is 0.0236. The van der Waals surface area contributed by atoms with Crippen LogP contribution < -0.4 is 5.32 Å². The lowest BCUT2D eigenvalue weighted by Crippen LogP contribution is -2.43. The molecule has 0 bridgehead atoms. The molecule has 0 saturated carbocycles. The van der Waals surface area contributed by atoms with Crippen molar-refractivity contribution in [1.82, 2.24) is 19.6 Å². The number of imidazole rings is 1. The first kappa shape index (κ1) is 20.2. The number of benzene rings is 1. The van der Waals surface area contributed by atoms with E-state index in [0.29, 0.717) is 30.5 Å². The van der Waals surface area contributed by atoms with E-state index in [-0.39, 0.29) is 11.9 Å². The number of ether oxygens (including phenoxy) is 1. The molecule has 0 aliphatic carbocycles. The smallest absolute Gasteiger partial charge is 0.272 e. The van der Waals surface area contributed by atoms with Crippen LogP contribution in [0.15, 0.2) is 53.8 Å². The van der Waals surface area contributed by atoms with Crippen molar-refractivity contribution in [2.24, 2.45) is 0 Å². The van der Waals surface area contributed by atoms with Crippen molar-refractivity contribution in [3.8, 4) is 0 Å². The van der Waals surface area contributed by atoms with Gasteiger partial charge in [-0.15, -0.1) is 0 Å². The number of hydrogen-bond donors (Lipinski definition) is 1. The molecule has 1 aromatic carbocycles. The molecular formula is C21H23ClN4O2S. The second-order valence-corrected chi connectivity index (χ2v) is 8.04. The maximum Gasteiger partial charge on any atom is 0.272 e. The highest BCUT2D eigenvalue weighted by molar-refractivity contribution is 7.98. The fourth-order valence-corrected chi connectivity index (χ4v) is 4.39. The first-order chi connectivity index (χ1) is 14.2. The van der Waals surface area contributed by atoms with Gasteiger partial charge in [0.05, 0.1) is 24.8 Å². The summed E-state index contributed by atoms with van der Waals surface area (Å²) in [5.74, 6) is -0.172. The van der Waals surface area contributed by atoms with E-state index in [4.69, 9.17) is 16.3 Å². The van der Waals surface area contributed by atoms with Gasteiger partial charge < -0.3 is 10.1 Å². The van der Waals surface area contributed by atoms with Crippen molar-refractivity contribution < 1.29 is 9.53 Å². The Kier molecular flexibility index (Phi) is 6.40. The van der Waals surface area contributed by atoms with Gasteiger partial charge in [-0.25, -0.2) is 4.98 Å². The van der Waals surface area contributed by atoms with Gasteiger partial charge in [-0.1, -0.05) is 41.6 Å². The third-order valence-electron chi connectivity index (χ3n) is 5.09. The van der Waals surface area contributed by atoms with Crippen molar-refractivity contribution >= 4 is 34.8 Å². The molecule has 1 aliphatic heterocycles. The Labute approximate surface area is 179 Å². The summed E-state index contributed by atoms with van der Waals surface area (Å²) >= 11 is 7.74. The summed E-state index contributed by atoms with van der Waals surface area (Å²) in [6.07, 6.45) is 3.88. The van der Waals surface area contributed by atoms with Crippen molar-refractivity contribution in [3.05, 3.63) is 64.9 Å². The lowest BCUT2D eigenvalue weighted by molar-refractivity contribution is 0.0162. The Bertz CT molecular complexity index is 1000. The van der Waals surface area contributed by atoms with Crippen molar-refractivity contribution in [2.45, 2.75) is 11.2 Å². The van der Waals surface area contributed by atoms with Crippen LogP contribution in [0.1, 0.15) is 22.1 Å². The molecule has 1 aliphatic rings. The van der Waals surface area contributed by atoms with Crippen LogP contribution in [0.3, 0.4) is 0 Å². The molecule has 8 heteroatoms. The fraction of sp³-hybridized carbons (Fsp3) is 0.333. The van der Waals surface area contributed by atoms with E-state index >= 15 is 0 Å². The summed E-state index contributed by atoms with van der Waals surface area (Å²) in [5.41, 5.74) is 2.33. The molecule has 3 heterocycles. The van der Waals surface area contributed by atoms with E-state index in [2.05, 4.69) is 21.3 Å². The van der Waals surface area contributed by atoms with Crippen LogP contribution in [0.25, 0.3) is 5.52 Å². The molecule has 1 atom stereocenters. The van der Waals surface area contributed by atoms with E-state index in [1.165, 1.54) is 11.8 Å². The van der Waals surface area contributed by atoms with Crippen molar-refractivity contribution in [1.29, 1.82) is 0 Å². The average Bonchev–Trinajstić information content (AvgIpc) is 3.14. The number of aromatic nitrogens is 2. The second-order valence-electron chi connectivity index (χ2n) is 6.83. The molecule has 29 heavy (non-hydrogen) atoms. The zero-order valence-corrected chi connectivity index (χ0v) is 17.7. The highest BCUT2D eigenvalue weighted by Crippen LogP contribution is 2.25. The molecule has 3 aromatic rings. The summed E-state index contributed by atoms with van der Waals surface area (Å²) in [7, 11) is 0. The van der Waals surface area contributed by atoms with E-state index in [1.54, 1.807) is 0 Å². The Morgan fingerprint density at radius 3 is 2.86 bits per heavy atom. The molecule has 0 radical (unpaired) electrons. The molecule has 4 rings (SSSR count). The standard InChI is InChI=1S/C21H23ClN4O2S/c1-29-21-24-19(17-7-2-3-8-26(17)21)20(27)23-14-18(25-9-11-28-12-10-25)15-5-4-6-16(22)13-15/h2-8,13,18H,9-12,14H2,1H3,(H,23,27). The molecule has 6 nitrogen and oxygen atoms in total. The normalized spacial score (nSPS) is 16.1. The third kappa shape index (κ3) is 4.43. The third-order valence-corrected chi connectivity index (χ3v) is 5.98. The quantitative estimate of drug-likeness (QED) is 0.606. The molecule has 0 spiro atoms. The molecular weight excluding hydrogens is 408 g/mol. The number of fused-ring (bicyclic) bond motifs is 1. The van der Waals surface area contributed by atoms with Crippen molar-refractivity contribution in [2.75, 3.05) is 39.1 Å². The van der Waals surface area contributed by atoms with Gasteiger partial charge >= 0.3 is 0 Å². The maximum absolute atomic E-state index is 13.0. The number of rotatable bonds is 6. The highest BCUT2D eigenvalue weighted by atomic mass is 35.5. The first-order valence-electron chi connectivity index (χ1n) is 9.54. The van der Waals surface area contributed by atoms with Gasteiger partial charge in [-0.2, -0.15) is 0 Å². The predicted octanol–water partition coefficient (Wildman–Crippen LogP) is 3.51. The van der Waals surface area contributed by atoms with Crippen LogP contribution in [0.2, 0.25) is 5.02 Å². The van der Waals surface area contributed by atoms with Crippen molar-refractivity contribution in [3.63, 3.8) is 0 Å². The van der Waals surface area contributed by atoms with Gasteiger partial charge in [0.15, 0.2) is 10.9 Å². The zero-order chi connectivity index (χ0) is 20.2. The molecule has 1 unspecified atom stereocenters. The molecule has 1 fully saturated rings. The SMILES string of the molecule is CSc1nc(C(=O)NCC(c2cccc(Cl)c2)N2CCOCC2)c2ccccn12. The number of nitrogens with zero attached hydrogens (tertiary/aromatic N) is 3. The Balaban J connectivity index is 1.56. The molecule has 1 saturated heterocycles. The van der Waals surface area contributed by atoms with E-state index in [0.717, 1.165) is 29.3 Å². The zero-order valence-electron chi connectivity index (χ0n) is 16.2. The minimum atomic E-state index is -0.172. The number of carbonyl (C=O) groups is 1. The molecule has 1 N–H and O–H groups in total. The van der Waals surface area contributed by atoms with Crippen LogP contribution in [0.4, 0.5) is 0 Å². The summed E-state index contributed by atoms with van der Waals surface area (Å²) < 4.78 is 7.44. The summed E-state index contributed by atoms with van der Waals surface area (Å²) in [5, 5.41) is 4.58. The van der Waals surface area contributed by atoms with E-state index in [9.17, 15) is 4.79 Å². The lowest BCUT2D eigenvalue weighted by atomic mass is 10.0. The number of pyridine rings is 1. The molecule has 1 amide bonds.